The summed E-state index contributed by atoms with van der Waals surface area (Å²) in [5, 5.41) is 12.3. The van der Waals surface area contributed by atoms with E-state index in [2.05, 4.69) is 45.3 Å². The molecule has 2 N–H and O–H groups in total. The van der Waals surface area contributed by atoms with E-state index in [9.17, 15) is 0 Å². The molecule has 6 heteroatoms. The van der Waals surface area contributed by atoms with Gasteiger partial charge in [-0.15, -0.1) is 5.10 Å². The predicted molar refractivity (Wildman–Crippen MR) is 86.7 cm³/mol. The quantitative estimate of drug-likeness (QED) is 0.836. The van der Waals surface area contributed by atoms with Crippen molar-refractivity contribution in [3.63, 3.8) is 0 Å². The summed E-state index contributed by atoms with van der Waals surface area (Å²) in [7, 11) is 0. The first-order chi connectivity index (χ1) is 9.96. The van der Waals surface area contributed by atoms with Crippen LogP contribution in [-0.4, -0.2) is 20.2 Å². The average molecular weight is 350 g/mol. The van der Waals surface area contributed by atoms with E-state index in [0.29, 0.717) is 17.1 Å². The van der Waals surface area contributed by atoms with Crippen molar-refractivity contribution in [2.24, 2.45) is 5.41 Å². The number of nitrogens with zero attached hydrogens (tertiary/aromatic N) is 4. The molecule has 0 atom stereocenters. The number of halogens is 1. The summed E-state index contributed by atoms with van der Waals surface area (Å²) in [4.78, 5) is 0. The summed E-state index contributed by atoms with van der Waals surface area (Å²) >= 11 is 3.42. The summed E-state index contributed by atoms with van der Waals surface area (Å²) in [5.74, 6) is 0.805. The van der Waals surface area contributed by atoms with E-state index in [0.717, 1.165) is 28.7 Å². The number of benzene rings is 1. The number of hydrogen-bond acceptors (Lipinski definition) is 4. The second kappa shape index (κ2) is 5.40. The Morgan fingerprint density at radius 1 is 1.29 bits per heavy atom. The van der Waals surface area contributed by atoms with Crippen LogP contribution < -0.4 is 5.73 Å². The lowest BCUT2D eigenvalue weighted by molar-refractivity contribution is 0.185. The van der Waals surface area contributed by atoms with Crippen LogP contribution in [0.1, 0.15) is 45.6 Å². The molecule has 3 rings (SSSR count). The topological polar surface area (TPSA) is 69.6 Å². The van der Waals surface area contributed by atoms with Crippen LogP contribution in [0.5, 0.6) is 0 Å². The Balaban J connectivity index is 1.89. The molecule has 0 radical (unpaired) electrons. The van der Waals surface area contributed by atoms with Gasteiger partial charge in [-0.1, -0.05) is 13.8 Å². The lowest BCUT2D eigenvalue weighted by Gasteiger charge is -2.34. The van der Waals surface area contributed by atoms with Gasteiger partial charge in [-0.3, -0.25) is 0 Å². The van der Waals surface area contributed by atoms with E-state index in [4.69, 9.17) is 5.73 Å². The second-order valence-electron chi connectivity index (χ2n) is 6.58. The maximum absolute atomic E-state index is 5.97. The fourth-order valence-corrected chi connectivity index (χ4v) is 3.19. The highest BCUT2D eigenvalue weighted by molar-refractivity contribution is 9.10. The summed E-state index contributed by atoms with van der Waals surface area (Å²) in [5.41, 5.74) is 8.07. The van der Waals surface area contributed by atoms with E-state index in [1.807, 2.05) is 22.9 Å². The standard InChI is InChI=1S/C15H20BrN5/c1-15(2)7-5-11(6-8-15)21-14(18-19-20-21)10-3-4-12(16)13(17)9-10/h3-4,9,11H,5-8,17H2,1-2H3. The zero-order chi connectivity index (χ0) is 15.0. The molecule has 1 fully saturated rings. The molecule has 5 nitrogen and oxygen atoms in total. The lowest BCUT2D eigenvalue weighted by Crippen LogP contribution is -2.24. The Bertz CT molecular complexity index is 639. The van der Waals surface area contributed by atoms with Gasteiger partial charge < -0.3 is 5.73 Å². The Labute approximate surface area is 133 Å². The summed E-state index contributed by atoms with van der Waals surface area (Å²) in [6.07, 6.45) is 4.66. The Kier molecular flexibility index (Phi) is 3.73. The van der Waals surface area contributed by atoms with Crippen molar-refractivity contribution in [1.29, 1.82) is 0 Å². The van der Waals surface area contributed by atoms with Gasteiger partial charge in [-0.2, -0.15) is 0 Å². The van der Waals surface area contributed by atoms with E-state index in [1.54, 1.807) is 0 Å². The maximum Gasteiger partial charge on any atom is 0.182 e. The van der Waals surface area contributed by atoms with Crippen LogP contribution in [0.15, 0.2) is 22.7 Å². The third-order valence-corrected chi connectivity index (χ3v) is 5.12. The molecular weight excluding hydrogens is 330 g/mol. The minimum Gasteiger partial charge on any atom is -0.398 e. The molecule has 0 aliphatic heterocycles. The van der Waals surface area contributed by atoms with Crippen molar-refractivity contribution in [2.45, 2.75) is 45.6 Å². The molecule has 1 aliphatic rings. The first-order valence-electron chi connectivity index (χ1n) is 7.29. The molecule has 1 aromatic carbocycles. The van der Waals surface area contributed by atoms with Gasteiger partial charge in [-0.05, 0) is 75.7 Å². The number of nitrogen functional groups attached to an aromatic ring is 1. The first kappa shape index (κ1) is 14.5. The van der Waals surface area contributed by atoms with Crippen molar-refractivity contribution in [3.8, 4) is 11.4 Å². The van der Waals surface area contributed by atoms with Crippen LogP contribution in [0, 0.1) is 5.41 Å². The molecule has 2 aromatic rings. The Morgan fingerprint density at radius 2 is 2.00 bits per heavy atom. The number of hydrogen-bond donors (Lipinski definition) is 1. The Hall–Kier alpha value is -1.43. The highest BCUT2D eigenvalue weighted by Crippen LogP contribution is 2.40. The van der Waals surface area contributed by atoms with Gasteiger partial charge in [0.15, 0.2) is 5.82 Å². The lowest BCUT2D eigenvalue weighted by atomic mass is 9.75. The van der Waals surface area contributed by atoms with Crippen LogP contribution in [0.4, 0.5) is 5.69 Å². The van der Waals surface area contributed by atoms with Crippen LogP contribution in [0.25, 0.3) is 11.4 Å². The van der Waals surface area contributed by atoms with Gasteiger partial charge in [0.05, 0.1) is 6.04 Å². The van der Waals surface area contributed by atoms with Crippen molar-refractivity contribution in [3.05, 3.63) is 22.7 Å². The minimum absolute atomic E-state index is 0.382. The third-order valence-electron chi connectivity index (χ3n) is 4.40. The predicted octanol–water partition coefficient (Wildman–Crippen LogP) is 3.83. The molecule has 1 aromatic heterocycles. The number of aromatic nitrogens is 4. The van der Waals surface area contributed by atoms with Gasteiger partial charge in [-0.25, -0.2) is 4.68 Å². The second-order valence-corrected chi connectivity index (χ2v) is 7.43. The van der Waals surface area contributed by atoms with Gasteiger partial charge in [0.2, 0.25) is 0 Å². The monoisotopic (exact) mass is 349 g/mol. The van der Waals surface area contributed by atoms with Crippen LogP contribution in [0.2, 0.25) is 0 Å². The van der Waals surface area contributed by atoms with Gasteiger partial charge in [0, 0.05) is 15.7 Å². The average Bonchev–Trinajstić information content (AvgIpc) is 2.91. The SMILES string of the molecule is CC1(C)CCC(n2nnnc2-c2ccc(Br)c(N)c2)CC1. The fraction of sp³-hybridized carbons (Fsp3) is 0.533. The largest absolute Gasteiger partial charge is 0.398 e. The van der Waals surface area contributed by atoms with Crippen molar-refractivity contribution < 1.29 is 0 Å². The molecule has 1 saturated carbocycles. The zero-order valence-electron chi connectivity index (χ0n) is 12.4. The van der Waals surface area contributed by atoms with E-state index in [1.165, 1.54) is 12.8 Å². The fourth-order valence-electron chi connectivity index (χ4n) is 2.94. The maximum atomic E-state index is 5.97. The normalized spacial score (nSPS) is 18.8. The molecule has 0 saturated heterocycles. The van der Waals surface area contributed by atoms with Crippen LogP contribution >= 0.6 is 15.9 Å². The highest BCUT2D eigenvalue weighted by atomic mass is 79.9. The zero-order valence-corrected chi connectivity index (χ0v) is 14.0. The molecule has 1 heterocycles. The molecule has 1 aliphatic carbocycles. The number of rotatable bonds is 2. The molecule has 0 bridgehead atoms. The van der Waals surface area contributed by atoms with Crippen molar-refractivity contribution in [1.82, 2.24) is 20.2 Å². The summed E-state index contributed by atoms with van der Waals surface area (Å²) in [6.45, 7) is 4.66. The van der Waals surface area contributed by atoms with Crippen LogP contribution in [0.3, 0.4) is 0 Å². The van der Waals surface area contributed by atoms with Gasteiger partial charge in [0.25, 0.3) is 0 Å². The molecular formula is C15H20BrN5. The number of nitrogens with two attached hydrogens (primary N) is 1. The highest BCUT2D eigenvalue weighted by Gasteiger charge is 2.29. The van der Waals surface area contributed by atoms with E-state index < -0.39 is 0 Å². The van der Waals surface area contributed by atoms with Crippen molar-refractivity contribution >= 4 is 21.6 Å². The van der Waals surface area contributed by atoms with E-state index >= 15 is 0 Å². The molecule has 0 unspecified atom stereocenters. The minimum atomic E-state index is 0.382. The third kappa shape index (κ3) is 2.95. The molecule has 0 spiro atoms. The van der Waals surface area contributed by atoms with Crippen molar-refractivity contribution in [2.75, 3.05) is 5.73 Å². The summed E-state index contributed by atoms with van der Waals surface area (Å²) in [6, 6.07) is 6.23. The van der Waals surface area contributed by atoms with Crippen LogP contribution in [-0.2, 0) is 0 Å². The molecule has 112 valence electrons. The summed E-state index contributed by atoms with van der Waals surface area (Å²) < 4.78 is 2.86. The molecule has 0 amide bonds. The van der Waals surface area contributed by atoms with Gasteiger partial charge in [0.1, 0.15) is 0 Å². The van der Waals surface area contributed by atoms with E-state index in [-0.39, 0.29) is 0 Å². The Morgan fingerprint density at radius 3 is 2.67 bits per heavy atom. The smallest absolute Gasteiger partial charge is 0.182 e. The first-order valence-corrected chi connectivity index (χ1v) is 8.09. The van der Waals surface area contributed by atoms with Gasteiger partial charge >= 0.3 is 0 Å². The molecule has 21 heavy (non-hydrogen) atoms. The number of anilines is 1. The number of tetrazole rings is 1.